The summed E-state index contributed by atoms with van der Waals surface area (Å²) < 4.78 is 0. The highest BCUT2D eigenvalue weighted by molar-refractivity contribution is 5.14. The Morgan fingerprint density at radius 2 is 1.88 bits per heavy atom. The first-order chi connectivity index (χ1) is 7.90. The summed E-state index contributed by atoms with van der Waals surface area (Å²) in [5.41, 5.74) is 1.29. The van der Waals surface area contributed by atoms with Crippen molar-refractivity contribution >= 4 is 0 Å². The molecule has 0 aliphatic heterocycles. The van der Waals surface area contributed by atoms with Gasteiger partial charge >= 0.3 is 0 Å². The third-order valence-electron chi connectivity index (χ3n) is 3.58. The molecule has 0 spiro atoms. The van der Waals surface area contributed by atoms with E-state index in [0.717, 1.165) is 6.54 Å². The smallest absolute Gasteiger partial charge is 0.0587 e. The minimum atomic E-state index is 0.261. The molecule has 1 aromatic rings. The maximum atomic E-state index is 9.40. The van der Waals surface area contributed by atoms with Crippen molar-refractivity contribution in [2.45, 2.75) is 38.3 Å². The number of hydrogen-bond donors (Lipinski definition) is 2. The lowest BCUT2D eigenvalue weighted by atomic mass is 9.98. The van der Waals surface area contributed by atoms with E-state index in [-0.39, 0.29) is 12.6 Å². The Hall–Kier alpha value is -0.860. The summed E-state index contributed by atoms with van der Waals surface area (Å²) >= 11 is 0. The zero-order valence-electron chi connectivity index (χ0n) is 9.73. The molecule has 88 valence electrons. The van der Waals surface area contributed by atoms with E-state index >= 15 is 0 Å². The molecule has 2 rings (SSSR count). The lowest BCUT2D eigenvalue weighted by Crippen LogP contribution is -2.37. The molecule has 0 saturated heterocycles. The van der Waals surface area contributed by atoms with Gasteiger partial charge in [0, 0.05) is 12.6 Å². The average Bonchev–Trinajstić information content (AvgIpc) is 2.85. The maximum Gasteiger partial charge on any atom is 0.0587 e. The van der Waals surface area contributed by atoms with Crippen LogP contribution >= 0.6 is 0 Å². The number of aliphatic hydroxyl groups is 1. The van der Waals surface area contributed by atoms with Crippen LogP contribution in [0, 0.1) is 5.92 Å². The first kappa shape index (κ1) is 11.6. The van der Waals surface area contributed by atoms with Crippen molar-refractivity contribution in [3.8, 4) is 0 Å². The summed E-state index contributed by atoms with van der Waals surface area (Å²) in [5.74, 6) is 0.675. The van der Waals surface area contributed by atoms with Gasteiger partial charge in [0.25, 0.3) is 0 Å². The van der Waals surface area contributed by atoms with E-state index in [2.05, 4.69) is 29.6 Å². The summed E-state index contributed by atoms with van der Waals surface area (Å²) in [5, 5.41) is 12.9. The highest BCUT2D eigenvalue weighted by atomic mass is 16.3. The van der Waals surface area contributed by atoms with Crippen LogP contribution in [0.15, 0.2) is 30.3 Å². The minimum absolute atomic E-state index is 0.261. The molecule has 1 aliphatic rings. The van der Waals surface area contributed by atoms with Gasteiger partial charge in [-0.15, -0.1) is 0 Å². The Bertz CT molecular complexity index is 293. The molecule has 0 radical (unpaired) electrons. The first-order valence-electron chi connectivity index (χ1n) is 6.28. The summed E-state index contributed by atoms with van der Waals surface area (Å²) in [6, 6.07) is 10.7. The van der Waals surface area contributed by atoms with Crippen LogP contribution in [0.25, 0.3) is 0 Å². The molecule has 0 amide bonds. The van der Waals surface area contributed by atoms with Gasteiger partial charge in [-0.25, -0.2) is 0 Å². The van der Waals surface area contributed by atoms with E-state index in [1.165, 1.54) is 31.2 Å². The first-order valence-corrected chi connectivity index (χ1v) is 6.28. The van der Waals surface area contributed by atoms with E-state index in [0.29, 0.717) is 5.92 Å². The molecule has 1 fully saturated rings. The third-order valence-corrected chi connectivity index (χ3v) is 3.58. The average molecular weight is 219 g/mol. The quantitative estimate of drug-likeness (QED) is 0.796. The molecule has 2 nitrogen and oxygen atoms in total. The predicted octanol–water partition coefficient (Wildman–Crippen LogP) is 2.33. The fourth-order valence-electron chi connectivity index (χ4n) is 2.58. The van der Waals surface area contributed by atoms with E-state index < -0.39 is 0 Å². The van der Waals surface area contributed by atoms with Gasteiger partial charge in [-0.1, -0.05) is 43.2 Å². The molecule has 2 N–H and O–H groups in total. The topological polar surface area (TPSA) is 32.3 Å². The normalized spacial score (nSPS) is 18.8. The second-order valence-corrected chi connectivity index (χ2v) is 4.70. The molecule has 0 bridgehead atoms. The van der Waals surface area contributed by atoms with Crippen molar-refractivity contribution < 1.29 is 5.11 Å². The van der Waals surface area contributed by atoms with Crippen molar-refractivity contribution in [2.24, 2.45) is 5.92 Å². The number of aliphatic hydroxyl groups excluding tert-OH is 1. The van der Waals surface area contributed by atoms with Crippen molar-refractivity contribution in [2.75, 3.05) is 6.61 Å². The highest BCUT2D eigenvalue weighted by Gasteiger charge is 2.23. The summed E-state index contributed by atoms with van der Waals surface area (Å²) in [6.45, 7) is 1.13. The summed E-state index contributed by atoms with van der Waals surface area (Å²) in [6.07, 6.45) is 5.20. The number of nitrogens with one attached hydrogen (secondary N) is 1. The van der Waals surface area contributed by atoms with E-state index in [4.69, 9.17) is 0 Å². The van der Waals surface area contributed by atoms with Crippen LogP contribution in [0.4, 0.5) is 0 Å². The van der Waals surface area contributed by atoms with Crippen LogP contribution in [0.1, 0.15) is 31.2 Å². The number of hydrogen-bond acceptors (Lipinski definition) is 2. The molecule has 1 unspecified atom stereocenters. The van der Waals surface area contributed by atoms with Gasteiger partial charge in [0.05, 0.1) is 6.61 Å². The molecule has 1 atom stereocenters. The molecule has 2 heteroatoms. The van der Waals surface area contributed by atoms with Gasteiger partial charge in [0.2, 0.25) is 0 Å². The molecule has 0 aromatic heterocycles. The highest BCUT2D eigenvalue weighted by Crippen LogP contribution is 2.27. The van der Waals surface area contributed by atoms with Crippen molar-refractivity contribution in [1.82, 2.24) is 5.32 Å². The van der Waals surface area contributed by atoms with Gasteiger partial charge in [0.15, 0.2) is 0 Å². The van der Waals surface area contributed by atoms with Crippen LogP contribution in [0.5, 0.6) is 0 Å². The number of rotatable bonds is 5. The van der Waals surface area contributed by atoms with Gasteiger partial charge < -0.3 is 10.4 Å². The minimum Gasteiger partial charge on any atom is -0.395 e. The lowest BCUT2D eigenvalue weighted by Gasteiger charge is -2.22. The maximum absolute atomic E-state index is 9.40. The molecule has 0 heterocycles. The van der Waals surface area contributed by atoms with E-state index in [1.54, 1.807) is 0 Å². The summed E-state index contributed by atoms with van der Waals surface area (Å²) in [4.78, 5) is 0. The Morgan fingerprint density at radius 3 is 2.50 bits per heavy atom. The van der Waals surface area contributed by atoms with Gasteiger partial charge in [-0.2, -0.15) is 0 Å². The Morgan fingerprint density at radius 1 is 1.19 bits per heavy atom. The fraction of sp³-hybridized carbons (Fsp3) is 0.571. The Labute approximate surface area is 97.7 Å². The zero-order valence-corrected chi connectivity index (χ0v) is 9.73. The zero-order chi connectivity index (χ0) is 11.2. The number of benzene rings is 1. The standard InChI is InChI=1S/C14H21NO/c16-11-14(13-8-4-5-9-13)15-10-12-6-2-1-3-7-12/h1-3,6-7,13-16H,4-5,8-11H2. The fourth-order valence-corrected chi connectivity index (χ4v) is 2.58. The molecule has 1 saturated carbocycles. The van der Waals surface area contributed by atoms with Crippen LogP contribution in [-0.2, 0) is 6.54 Å². The van der Waals surface area contributed by atoms with Crippen LogP contribution in [0.3, 0.4) is 0 Å². The molecular formula is C14H21NO. The van der Waals surface area contributed by atoms with E-state index in [9.17, 15) is 5.11 Å². The predicted molar refractivity (Wildman–Crippen MR) is 66.1 cm³/mol. The molecule has 1 aromatic carbocycles. The molecular weight excluding hydrogens is 198 g/mol. The van der Waals surface area contributed by atoms with Crippen molar-refractivity contribution in [3.63, 3.8) is 0 Å². The molecule has 1 aliphatic carbocycles. The lowest BCUT2D eigenvalue weighted by molar-refractivity contribution is 0.198. The van der Waals surface area contributed by atoms with Crippen molar-refractivity contribution in [3.05, 3.63) is 35.9 Å². The second-order valence-electron chi connectivity index (χ2n) is 4.70. The molecule has 16 heavy (non-hydrogen) atoms. The van der Waals surface area contributed by atoms with Crippen LogP contribution in [0.2, 0.25) is 0 Å². The van der Waals surface area contributed by atoms with Crippen LogP contribution < -0.4 is 5.32 Å². The SMILES string of the molecule is OCC(NCc1ccccc1)C1CCCC1. The van der Waals surface area contributed by atoms with E-state index in [1.807, 2.05) is 6.07 Å². The van der Waals surface area contributed by atoms with Gasteiger partial charge in [0.1, 0.15) is 0 Å². The largest absolute Gasteiger partial charge is 0.395 e. The third kappa shape index (κ3) is 3.06. The Balaban J connectivity index is 1.83. The summed E-state index contributed by atoms with van der Waals surface area (Å²) in [7, 11) is 0. The van der Waals surface area contributed by atoms with Crippen molar-refractivity contribution in [1.29, 1.82) is 0 Å². The van der Waals surface area contributed by atoms with Crippen LogP contribution in [-0.4, -0.2) is 17.8 Å². The second kappa shape index (κ2) is 6.02. The van der Waals surface area contributed by atoms with Gasteiger partial charge in [-0.05, 0) is 24.3 Å². The Kier molecular flexibility index (Phi) is 4.37. The monoisotopic (exact) mass is 219 g/mol. The van der Waals surface area contributed by atoms with Gasteiger partial charge in [-0.3, -0.25) is 0 Å².